The molecular weight excluding hydrogens is 274 g/mol. The molecule has 5 heteroatoms. The van der Waals surface area contributed by atoms with Gasteiger partial charge in [-0.15, -0.1) is 0 Å². The van der Waals surface area contributed by atoms with E-state index in [1.54, 1.807) is 0 Å². The van der Waals surface area contributed by atoms with E-state index < -0.39 is 0 Å². The summed E-state index contributed by atoms with van der Waals surface area (Å²) in [6.45, 7) is 3.85. The Morgan fingerprint density at radius 3 is 2.68 bits per heavy atom. The van der Waals surface area contributed by atoms with Crippen molar-refractivity contribution in [3.63, 3.8) is 0 Å². The standard InChI is InChI=1S/C17H21N5/c1-13-11-16(18-9-10-21(2)3)22-17(20-13)15(12-19-22)14-7-5-4-6-8-14/h4-8,11-12,18H,9-10H2,1-3H3. The van der Waals surface area contributed by atoms with Crippen molar-refractivity contribution < 1.29 is 0 Å². The van der Waals surface area contributed by atoms with Crippen molar-refractivity contribution in [3.05, 3.63) is 48.3 Å². The van der Waals surface area contributed by atoms with Crippen LogP contribution in [0.15, 0.2) is 42.6 Å². The molecule has 0 bridgehead atoms. The Balaban J connectivity index is 1.99. The Hall–Kier alpha value is -2.40. The van der Waals surface area contributed by atoms with Gasteiger partial charge in [0.2, 0.25) is 0 Å². The van der Waals surface area contributed by atoms with E-state index >= 15 is 0 Å². The number of nitrogens with one attached hydrogen (secondary N) is 1. The molecule has 22 heavy (non-hydrogen) atoms. The summed E-state index contributed by atoms with van der Waals surface area (Å²) in [5.41, 5.74) is 4.06. The van der Waals surface area contributed by atoms with Crippen molar-refractivity contribution in [1.82, 2.24) is 19.5 Å². The van der Waals surface area contributed by atoms with Gasteiger partial charge in [0.25, 0.3) is 0 Å². The highest BCUT2D eigenvalue weighted by Gasteiger charge is 2.11. The number of hydrogen-bond donors (Lipinski definition) is 1. The van der Waals surface area contributed by atoms with Gasteiger partial charge >= 0.3 is 0 Å². The zero-order valence-electron chi connectivity index (χ0n) is 13.2. The van der Waals surface area contributed by atoms with Crippen molar-refractivity contribution in [2.75, 3.05) is 32.5 Å². The van der Waals surface area contributed by atoms with Gasteiger partial charge in [-0.25, -0.2) is 4.98 Å². The van der Waals surface area contributed by atoms with Gasteiger partial charge in [-0.2, -0.15) is 9.61 Å². The molecule has 5 nitrogen and oxygen atoms in total. The average molecular weight is 295 g/mol. The first-order chi connectivity index (χ1) is 10.6. The number of fused-ring (bicyclic) bond motifs is 1. The minimum Gasteiger partial charge on any atom is -0.369 e. The second kappa shape index (κ2) is 6.15. The number of rotatable bonds is 5. The monoisotopic (exact) mass is 295 g/mol. The third-order valence-electron chi connectivity index (χ3n) is 3.55. The van der Waals surface area contributed by atoms with Crippen LogP contribution >= 0.6 is 0 Å². The van der Waals surface area contributed by atoms with Gasteiger partial charge in [0.15, 0.2) is 5.65 Å². The quantitative estimate of drug-likeness (QED) is 0.786. The third kappa shape index (κ3) is 2.94. The first-order valence-corrected chi connectivity index (χ1v) is 7.44. The van der Waals surface area contributed by atoms with E-state index in [9.17, 15) is 0 Å². The number of nitrogens with zero attached hydrogens (tertiary/aromatic N) is 4. The molecule has 0 fully saturated rings. The number of hydrogen-bond acceptors (Lipinski definition) is 4. The van der Waals surface area contributed by atoms with Crippen LogP contribution in [0, 0.1) is 6.92 Å². The lowest BCUT2D eigenvalue weighted by Crippen LogP contribution is -2.21. The second-order valence-electron chi connectivity index (χ2n) is 5.67. The molecule has 0 spiro atoms. The fourth-order valence-electron chi connectivity index (χ4n) is 2.44. The molecule has 3 aromatic rings. The summed E-state index contributed by atoms with van der Waals surface area (Å²) in [7, 11) is 4.13. The van der Waals surface area contributed by atoms with Crippen molar-refractivity contribution in [2.24, 2.45) is 0 Å². The van der Waals surface area contributed by atoms with Gasteiger partial charge in [-0.05, 0) is 26.6 Å². The van der Waals surface area contributed by atoms with Crippen LogP contribution in [0.4, 0.5) is 5.82 Å². The molecule has 1 aromatic carbocycles. The zero-order valence-corrected chi connectivity index (χ0v) is 13.2. The Labute approximate surface area is 130 Å². The molecule has 2 aromatic heterocycles. The van der Waals surface area contributed by atoms with E-state index in [-0.39, 0.29) is 0 Å². The van der Waals surface area contributed by atoms with E-state index in [1.165, 1.54) is 0 Å². The smallest absolute Gasteiger partial charge is 0.165 e. The lowest BCUT2D eigenvalue weighted by atomic mass is 10.1. The average Bonchev–Trinajstić information content (AvgIpc) is 2.91. The molecule has 0 aliphatic carbocycles. The predicted molar refractivity (Wildman–Crippen MR) is 90.2 cm³/mol. The molecule has 2 heterocycles. The largest absolute Gasteiger partial charge is 0.369 e. The molecule has 0 unspecified atom stereocenters. The molecule has 0 saturated carbocycles. The third-order valence-corrected chi connectivity index (χ3v) is 3.55. The fraction of sp³-hybridized carbons (Fsp3) is 0.294. The first kappa shape index (κ1) is 14.5. The molecule has 0 aliphatic heterocycles. The Kier molecular flexibility index (Phi) is 4.06. The minimum absolute atomic E-state index is 0.867. The van der Waals surface area contributed by atoms with Crippen molar-refractivity contribution >= 4 is 11.5 Å². The number of benzene rings is 1. The molecule has 1 N–H and O–H groups in total. The van der Waals surface area contributed by atoms with Crippen molar-refractivity contribution in [2.45, 2.75) is 6.92 Å². The highest BCUT2D eigenvalue weighted by molar-refractivity contribution is 5.78. The second-order valence-corrected chi connectivity index (χ2v) is 5.67. The summed E-state index contributed by atoms with van der Waals surface area (Å²) >= 11 is 0. The van der Waals surface area contributed by atoms with E-state index in [0.717, 1.165) is 41.4 Å². The Morgan fingerprint density at radius 2 is 1.95 bits per heavy atom. The number of aryl methyl sites for hydroxylation is 1. The summed E-state index contributed by atoms with van der Waals surface area (Å²) in [5.74, 6) is 0.978. The van der Waals surface area contributed by atoms with E-state index in [2.05, 4.69) is 46.5 Å². The lowest BCUT2D eigenvalue weighted by molar-refractivity contribution is 0.425. The van der Waals surface area contributed by atoms with Crippen LogP contribution in [0.5, 0.6) is 0 Å². The molecule has 0 atom stereocenters. The Morgan fingerprint density at radius 1 is 1.18 bits per heavy atom. The molecule has 0 radical (unpaired) electrons. The van der Waals surface area contributed by atoms with Gasteiger partial charge < -0.3 is 10.2 Å². The van der Waals surface area contributed by atoms with E-state index in [0.29, 0.717) is 0 Å². The Bertz CT molecular complexity index is 761. The van der Waals surface area contributed by atoms with Crippen LogP contribution in [-0.4, -0.2) is 46.7 Å². The highest BCUT2D eigenvalue weighted by atomic mass is 15.3. The SMILES string of the molecule is Cc1cc(NCCN(C)C)n2ncc(-c3ccccc3)c2n1. The van der Waals surface area contributed by atoms with Crippen molar-refractivity contribution in [1.29, 1.82) is 0 Å². The molecule has 114 valence electrons. The molecule has 0 amide bonds. The summed E-state index contributed by atoms with van der Waals surface area (Å²) in [4.78, 5) is 6.82. The summed E-state index contributed by atoms with van der Waals surface area (Å²) in [6.07, 6.45) is 1.88. The van der Waals surface area contributed by atoms with Crippen LogP contribution in [-0.2, 0) is 0 Å². The van der Waals surface area contributed by atoms with Crippen LogP contribution < -0.4 is 5.32 Å². The predicted octanol–water partition coefficient (Wildman–Crippen LogP) is 2.68. The normalized spacial score (nSPS) is 11.3. The number of likely N-dealkylation sites (N-methyl/N-ethyl adjacent to an activating group) is 1. The van der Waals surface area contributed by atoms with Crippen LogP contribution in [0.3, 0.4) is 0 Å². The maximum Gasteiger partial charge on any atom is 0.165 e. The van der Waals surface area contributed by atoms with E-state index in [1.807, 2.05) is 41.9 Å². The van der Waals surface area contributed by atoms with Crippen molar-refractivity contribution in [3.8, 4) is 11.1 Å². The van der Waals surface area contributed by atoms with E-state index in [4.69, 9.17) is 0 Å². The van der Waals surface area contributed by atoms with Crippen LogP contribution in [0.1, 0.15) is 5.69 Å². The summed E-state index contributed by atoms with van der Waals surface area (Å²) in [6, 6.07) is 12.3. The topological polar surface area (TPSA) is 45.5 Å². The number of aromatic nitrogens is 3. The first-order valence-electron chi connectivity index (χ1n) is 7.44. The van der Waals surface area contributed by atoms with Gasteiger partial charge in [0.1, 0.15) is 5.82 Å². The van der Waals surface area contributed by atoms with Gasteiger partial charge in [-0.1, -0.05) is 30.3 Å². The molecule has 0 saturated heterocycles. The van der Waals surface area contributed by atoms with Gasteiger partial charge in [-0.3, -0.25) is 0 Å². The zero-order chi connectivity index (χ0) is 15.5. The van der Waals surface area contributed by atoms with Crippen LogP contribution in [0.25, 0.3) is 16.8 Å². The maximum atomic E-state index is 4.67. The molecule has 3 rings (SSSR count). The molecular formula is C17H21N5. The lowest BCUT2D eigenvalue weighted by Gasteiger charge is -2.13. The minimum atomic E-state index is 0.867. The maximum absolute atomic E-state index is 4.67. The van der Waals surface area contributed by atoms with Crippen LogP contribution in [0.2, 0.25) is 0 Å². The summed E-state index contributed by atoms with van der Waals surface area (Å²) in [5, 5.41) is 7.96. The molecule has 0 aliphatic rings. The highest BCUT2D eigenvalue weighted by Crippen LogP contribution is 2.25. The van der Waals surface area contributed by atoms with Gasteiger partial charge in [0, 0.05) is 30.4 Å². The fourth-order valence-corrected chi connectivity index (χ4v) is 2.44. The van der Waals surface area contributed by atoms with Gasteiger partial charge in [0.05, 0.1) is 6.20 Å². The summed E-state index contributed by atoms with van der Waals surface area (Å²) < 4.78 is 1.88. The number of anilines is 1.